The van der Waals surface area contributed by atoms with Crippen LogP contribution in [0.2, 0.25) is 0 Å². The van der Waals surface area contributed by atoms with Gasteiger partial charge in [-0.1, -0.05) is 15.9 Å². The molecule has 1 saturated carbocycles. The Balaban J connectivity index is 2.19. The topological polar surface area (TPSA) is 134 Å². The number of aromatic hydroxyl groups is 1. The highest BCUT2D eigenvalue weighted by molar-refractivity contribution is 9.10. The van der Waals surface area contributed by atoms with Gasteiger partial charge in [-0.05, 0) is 55.2 Å². The highest BCUT2D eigenvalue weighted by Crippen LogP contribution is 2.47. The highest BCUT2D eigenvalue weighted by Gasteiger charge is 2.40. The van der Waals surface area contributed by atoms with E-state index in [0.717, 1.165) is 12.7 Å². The second kappa shape index (κ2) is 7.76. The van der Waals surface area contributed by atoms with Gasteiger partial charge in [-0.25, -0.2) is 16.8 Å². The number of halogens is 1. The first kappa shape index (κ1) is 22.4. The molecule has 0 saturated heterocycles. The van der Waals surface area contributed by atoms with E-state index in [-0.39, 0.29) is 16.3 Å². The van der Waals surface area contributed by atoms with Gasteiger partial charge in [0.2, 0.25) is 0 Å². The van der Waals surface area contributed by atoms with Gasteiger partial charge in [0.1, 0.15) is 15.5 Å². The maximum atomic E-state index is 13.0. The minimum absolute atomic E-state index is 0.0668. The fourth-order valence-electron chi connectivity index (χ4n) is 3.30. The third-order valence-electron chi connectivity index (χ3n) is 5.11. The van der Waals surface area contributed by atoms with Crippen molar-refractivity contribution >= 4 is 41.5 Å². The van der Waals surface area contributed by atoms with Crippen LogP contribution in [0.25, 0.3) is 0 Å². The fraction of sp³-hybridized carbons (Fsp3) is 0.316. The first-order valence-electron chi connectivity index (χ1n) is 8.79. The van der Waals surface area contributed by atoms with Crippen molar-refractivity contribution in [1.82, 2.24) is 0 Å². The number of benzene rings is 2. The molecule has 1 aliphatic carbocycles. The van der Waals surface area contributed by atoms with Gasteiger partial charge < -0.3 is 9.84 Å². The van der Waals surface area contributed by atoms with Crippen molar-refractivity contribution in [3.8, 4) is 17.6 Å². The van der Waals surface area contributed by atoms with Crippen molar-refractivity contribution in [2.75, 3.05) is 18.1 Å². The lowest BCUT2D eigenvalue weighted by molar-refractivity contribution is 0.323. The second-order valence-electron chi connectivity index (χ2n) is 7.09. The lowest BCUT2D eigenvalue weighted by Gasteiger charge is -2.36. The molecule has 0 aliphatic heterocycles. The van der Waals surface area contributed by atoms with Crippen LogP contribution >= 0.6 is 15.9 Å². The Bertz CT molecular complexity index is 1260. The van der Waals surface area contributed by atoms with E-state index < -0.39 is 35.9 Å². The van der Waals surface area contributed by atoms with Crippen molar-refractivity contribution in [3.63, 3.8) is 0 Å². The monoisotopic (exact) mass is 514 g/mol. The number of anilines is 1. The third kappa shape index (κ3) is 3.99. The molecular weight excluding hydrogens is 496 g/mol. The average molecular weight is 515 g/mol. The van der Waals surface area contributed by atoms with Crippen LogP contribution in [-0.4, -0.2) is 35.3 Å². The Labute approximate surface area is 183 Å². The Morgan fingerprint density at radius 1 is 1.17 bits per heavy atom. The van der Waals surface area contributed by atoms with Gasteiger partial charge in [0, 0.05) is 10.7 Å². The molecule has 0 unspecified atom stereocenters. The van der Waals surface area contributed by atoms with Crippen molar-refractivity contribution in [3.05, 3.63) is 40.4 Å². The summed E-state index contributed by atoms with van der Waals surface area (Å²) in [6.45, 7) is 0. The largest absolute Gasteiger partial charge is 0.504 e. The summed E-state index contributed by atoms with van der Waals surface area (Å²) in [7, 11) is -6.85. The Hall–Kier alpha value is -2.29. The second-order valence-corrected chi connectivity index (χ2v) is 11.6. The van der Waals surface area contributed by atoms with E-state index in [1.165, 1.54) is 31.4 Å². The van der Waals surface area contributed by atoms with Crippen molar-refractivity contribution in [1.29, 1.82) is 5.26 Å². The number of nitriles is 1. The molecule has 0 radical (unpaired) electrons. The molecule has 0 bridgehead atoms. The van der Waals surface area contributed by atoms with Crippen LogP contribution in [0.15, 0.2) is 44.6 Å². The third-order valence-corrected chi connectivity index (χ3v) is 8.10. The number of methoxy groups -OCH3 is 1. The summed E-state index contributed by atoms with van der Waals surface area (Å²) in [5, 5.41) is 20.2. The molecule has 1 fully saturated rings. The van der Waals surface area contributed by atoms with Crippen molar-refractivity contribution < 1.29 is 26.7 Å². The van der Waals surface area contributed by atoms with Gasteiger partial charge in [0.15, 0.2) is 15.6 Å². The van der Waals surface area contributed by atoms with Crippen LogP contribution in [0.5, 0.6) is 11.5 Å². The zero-order valence-corrected chi connectivity index (χ0v) is 19.4. The van der Waals surface area contributed by atoms with E-state index in [9.17, 15) is 27.2 Å². The van der Waals surface area contributed by atoms with E-state index in [2.05, 4.69) is 26.7 Å². The summed E-state index contributed by atoms with van der Waals surface area (Å²) in [6.07, 6.45) is 2.73. The summed E-state index contributed by atoms with van der Waals surface area (Å²) in [5.74, 6) is -0.664. The summed E-state index contributed by atoms with van der Waals surface area (Å²) in [5.41, 5.74) is -0.897. The minimum Gasteiger partial charge on any atom is -0.504 e. The summed E-state index contributed by atoms with van der Waals surface area (Å²) >= 11 is 3.21. The van der Waals surface area contributed by atoms with Crippen molar-refractivity contribution in [2.45, 2.75) is 34.5 Å². The smallest absolute Gasteiger partial charge is 0.265 e. The van der Waals surface area contributed by atoms with Crippen LogP contribution < -0.4 is 9.46 Å². The van der Waals surface area contributed by atoms with E-state index in [1.54, 1.807) is 6.07 Å². The molecule has 0 spiro atoms. The molecule has 160 valence electrons. The molecule has 30 heavy (non-hydrogen) atoms. The highest BCUT2D eigenvalue weighted by atomic mass is 79.9. The lowest BCUT2D eigenvalue weighted by Crippen LogP contribution is -2.32. The van der Waals surface area contributed by atoms with Gasteiger partial charge in [-0.15, -0.1) is 0 Å². The molecular formula is C19H19BrN2O6S2. The normalized spacial score (nSPS) is 15.7. The lowest BCUT2D eigenvalue weighted by atomic mass is 9.65. The van der Waals surface area contributed by atoms with Crippen LogP contribution in [-0.2, 0) is 25.3 Å². The molecule has 1 aliphatic rings. The summed E-state index contributed by atoms with van der Waals surface area (Å²) in [6, 6.07) is 9.13. The first-order chi connectivity index (χ1) is 13.9. The number of sulfonamides is 1. The van der Waals surface area contributed by atoms with Crippen molar-refractivity contribution in [2.24, 2.45) is 0 Å². The summed E-state index contributed by atoms with van der Waals surface area (Å²) in [4.78, 5) is -0.649. The number of nitrogens with zero attached hydrogens (tertiary/aromatic N) is 1. The van der Waals surface area contributed by atoms with Gasteiger partial charge >= 0.3 is 0 Å². The van der Waals surface area contributed by atoms with Crippen LogP contribution in [0.4, 0.5) is 5.69 Å². The predicted octanol–water partition coefficient (Wildman–Crippen LogP) is 3.31. The molecule has 2 aromatic carbocycles. The van der Waals surface area contributed by atoms with E-state index in [4.69, 9.17) is 4.74 Å². The number of rotatable bonds is 6. The standard InChI is InChI=1S/C19H19BrN2O6S2/c1-28-15-5-4-13(20)10-16(15)30(26,27)22-14-8-12(19(11-21)6-3-7-19)9-17(18(14)23)29(2,24)25/h4-5,8-10,22-23H,3,6-7H2,1-2H3. The Morgan fingerprint density at radius 2 is 1.83 bits per heavy atom. The van der Waals surface area contributed by atoms with Gasteiger partial charge in [0.05, 0.1) is 24.3 Å². The average Bonchev–Trinajstić information content (AvgIpc) is 2.62. The van der Waals surface area contributed by atoms with E-state index in [0.29, 0.717) is 22.9 Å². The molecule has 2 N–H and O–H groups in total. The minimum atomic E-state index is -4.26. The van der Waals surface area contributed by atoms with Crippen LogP contribution in [0, 0.1) is 11.3 Å². The molecule has 2 aromatic rings. The number of hydrogen-bond acceptors (Lipinski definition) is 7. The zero-order chi connectivity index (χ0) is 22.3. The van der Waals surface area contributed by atoms with E-state index >= 15 is 0 Å². The number of phenolic OH excluding ortho intramolecular Hbond substituents is 1. The molecule has 0 atom stereocenters. The molecule has 0 aromatic heterocycles. The van der Waals surface area contributed by atoms with E-state index in [1.807, 2.05) is 0 Å². The van der Waals surface area contributed by atoms with Gasteiger partial charge in [0.25, 0.3) is 10.0 Å². The molecule has 8 nitrogen and oxygen atoms in total. The number of phenols is 1. The molecule has 0 heterocycles. The Morgan fingerprint density at radius 3 is 2.33 bits per heavy atom. The molecule has 0 amide bonds. The summed E-state index contributed by atoms with van der Waals surface area (Å²) < 4.78 is 58.3. The van der Waals surface area contributed by atoms with Gasteiger partial charge in [-0.3, -0.25) is 4.72 Å². The SMILES string of the molecule is COc1ccc(Br)cc1S(=O)(=O)Nc1cc(C2(C#N)CCC2)cc(S(C)(=O)=O)c1O. The van der Waals surface area contributed by atoms with Gasteiger partial charge in [-0.2, -0.15) is 5.26 Å². The number of nitrogens with one attached hydrogen (secondary N) is 1. The quantitative estimate of drug-likeness (QED) is 0.564. The zero-order valence-electron chi connectivity index (χ0n) is 16.1. The predicted molar refractivity (Wildman–Crippen MR) is 114 cm³/mol. The van der Waals surface area contributed by atoms with Crippen LogP contribution in [0.1, 0.15) is 24.8 Å². The number of sulfone groups is 1. The van der Waals surface area contributed by atoms with Crippen LogP contribution in [0.3, 0.4) is 0 Å². The first-order valence-corrected chi connectivity index (χ1v) is 13.0. The number of ether oxygens (including phenoxy) is 1. The fourth-order valence-corrected chi connectivity index (χ4v) is 5.87. The maximum absolute atomic E-state index is 13.0. The molecule has 11 heteroatoms. The number of hydrogen-bond donors (Lipinski definition) is 2. The Kier molecular flexibility index (Phi) is 5.79. The maximum Gasteiger partial charge on any atom is 0.265 e. The molecule has 3 rings (SSSR count).